The molecule has 0 aromatic carbocycles. The van der Waals surface area contributed by atoms with Gasteiger partial charge in [0.1, 0.15) is 0 Å². The van der Waals surface area contributed by atoms with Gasteiger partial charge in [0, 0.05) is 18.6 Å². The molecule has 1 saturated heterocycles. The Morgan fingerprint density at radius 1 is 1.00 bits per heavy atom. The standard InChI is InChI=1S/C11H22N2O2S/c12-10-2-4-11(5-3-10)13-6-1-8-16(14,15)9-7-13/h10-11H,1-9,12H2. The van der Waals surface area contributed by atoms with E-state index in [0.29, 0.717) is 23.6 Å². The molecule has 2 fully saturated rings. The smallest absolute Gasteiger partial charge is 0.151 e. The summed E-state index contributed by atoms with van der Waals surface area (Å²) in [6.07, 6.45) is 5.26. The van der Waals surface area contributed by atoms with Crippen molar-refractivity contribution in [2.24, 2.45) is 5.73 Å². The van der Waals surface area contributed by atoms with Gasteiger partial charge in [-0.15, -0.1) is 0 Å². The van der Waals surface area contributed by atoms with E-state index in [0.717, 1.165) is 45.2 Å². The van der Waals surface area contributed by atoms with Crippen molar-refractivity contribution < 1.29 is 8.42 Å². The molecule has 5 heteroatoms. The molecule has 0 aromatic rings. The molecule has 0 unspecified atom stereocenters. The van der Waals surface area contributed by atoms with Gasteiger partial charge in [0.25, 0.3) is 0 Å². The largest absolute Gasteiger partial charge is 0.328 e. The normalized spacial score (nSPS) is 36.8. The Hall–Kier alpha value is -0.130. The van der Waals surface area contributed by atoms with Crippen molar-refractivity contribution in [3.63, 3.8) is 0 Å². The molecule has 1 aliphatic carbocycles. The zero-order valence-corrected chi connectivity index (χ0v) is 10.6. The first-order valence-corrected chi connectivity index (χ1v) is 8.09. The van der Waals surface area contributed by atoms with Gasteiger partial charge in [0.15, 0.2) is 9.84 Å². The van der Waals surface area contributed by atoms with Gasteiger partial charge in [0.05, 0.1) is 11.5 Å². The molecule has 0 bridgehead atoms. The van der Waals surface area contributed by atoms with Gasteiger partial charge in [-0.1, -0.05) is 0 Å². The van der Waals surface area contributed by atoms with Gasteiger partial charge < -0.3 is 5.73 Å². The third kappa shape index (κ3) is 3.18. The van der Waals surface area contributed by atoms with Crippen molar-refractivity contribution in [1.29, 1.82) is 0 Å². The molecule has 2 aliphatic rings. The van der Waals surface area contributed by atoms with Crippen LogP contribution in [0.25, 0.3) is 0 Å². The lowest BCUT2D eigenvalue weighted by Crippen LogP contribution is -2.42. The van der Waals surface area contributed by atoms with E-state index < -0.39 is 9.84 Å². The van der Waals surface area contributed by atoms with Crippen molar-refractivity contribution in [3.05, 3.63) is 0 Å². The van der Waals surface area contributed by atoms with Crippen LogP contribution in [0.1, 0.15) is 32.1 Å². The van der Waals surface area contributed by atoms with Crippen molar-refractivity contribution in [2.45, 2.75) is 44.2 Å². The van der Waals surface area contributed by atoms with Gasteiger partial charge in [-0.3, -0.25) is 4.90 Å². The number of sulfone groups is 1. The first-order chi connectivity index (χ1) is 7.57. The molecular weight excluding hydrogens is 224 g/mol. The Morgan fingerprint density at radius 3 is 2.38 bits per heavy atom. The van der Waals surface area contributed by atoms with Crippen LogP contribution in [0, 0.1) is 0 Å². The highest BCUT2D eigenvalue weighted by Gasteiger charge is 2.27. The van der Waals surface area contributed by atoms with Crippen LogP contribution in [0.4, 0.5) is 0 Å². The van der Waals surface area contributed by atoms with Crippen LogP contribution in [-0.2, 0) is 9.84 Å². The predicted molar refractivity (Wildman–Crippen MR) is 65.1 cm³/mol. The van der Waals surface area contributed by atoms with Gasteiger partial charge in [-0.05, 0) is 38.6 Å². The highest BCUT2D eigenvalue weighted by Crippen LogP contribution is 2.23. The van der Waals surface area contributed by atoms with E-state index in [1.807, 2.05) is 0 Å². The number of nitrogens with zero attached hydrogens (tertiary/aromatic N) is 1. The molecule has 0 spiro atoms. The second-order valence-electron chi connectivity index (χ2n) is 5.11. The van der Waals surface area contributed by atoms with E-state index in [1.165, 1.54) is 0 Å². The SMILES string of the molecule is NC1CCC(N2CCCS(=O)(=O)CC2)CC1. The Labute approximate surface area is 98.1 Å². The third-order valence-corrected chi connectivity index (χ3v) is 5.56. The Morgan fingerprint density at radius 2 is 1.69 bits per heavy atom. The molecule has 0 atom stereocenters. The lowest BCUT2D eigenvalue weighted by atomic mass is 9.90. The number of rotatable bonds is 1. The monoisotopic (exact) mass is 246 g/mol. The lowest BCUT2D eigenvalue weighted by Gasteiger charge is -2.35. The summed E-state index contributed by atoms with van der Waals surface area (Å²) in [6.45, 7) is 1.67. The zero-order valence-electron chi connectivity index (χ0n) is 9.77. The fraction of sp³-hybridized carbons (Fsp3) is 1.00. The Balaban J connectivity index is 1.90. The average molecular weight is 246 g/mol. The van der Waals surface area contributed by atoms with Gasteiger partial charge >= 0.3 is 0 Å². The topological polar surface area (TPSA) is 63.4 Å². The molecule has 0 radical (unpaired) electrons. The number of nitrogens with two attached hydrogens (primary N) is 1. The minimum Gasteiger partial charge on any atom is -0.328 e. The van der Waals surface area contributed by atoms with E-state index in [4.69, 9.17) is 5.73 Å². The summed E-state index contributed by atoms with van der Waals surface area (Å²) < 4.78 is 23.0. The summed E-state index contributed by atoms with van der Waals surface area (Å²) in [4.78, 5) is 2.37. The number of hydrogen-bond donors (Lipinski definition) is 1. The molecule has 0 aromatic heterocycles. The Bertz CT molecular complexity index is 321. The van der Waals surface area contributed by atoms with E-state index in [-0.39, 0.29) is 0 Å². The second-order valence-corrected chi connectivity index (χ2v) is 7.41. The van der Waals surface area contributed by atoms with Crippen LogP contribution in [0.5, 0.6) is 0 Å². The van der Waals surface area contributed by atoms with Gasteiger partial charge in [-0.2, -0.15) is 0 Å². The fourth-order valence-corrected chi connectivity index (χ4v) is 4.08. The molecule has 1 aliphatic heterocycles. The maximum absolute atomic E-state index is 11.5. The van der Waals surface area contributed by atoms with Crippen LogP contribution in [0.3, 0.4) is 0 Å². The molecule has 16 heavy (non-hydrogen) atoms. The first kappa shape index (κ1) is 12.3. The lowest BCUT2D eigenvalue weighted by molar-refractivity contribution is 0.160. The average Bonchev–Trinajstić information content (AvgIpc) is 2.41. The summed E-state index contributed by atoms with van der Waals surface area (Å²) in [6, 6.07) is 0.945. The van der Waals surface area contributed by atoms with Crippen molar-refractivity contribution in [2.75, 3.05) is 24.6 Å². The molecule has 1 heterocycles. The first-order valence-electron chi connectivity index (χ1n) is 6.27. The fourth-order valence-electron chi connectivity index (χ4n) is 2.79. The molecular formula is C11H22N2O2S. The minimum atomic E-state index is -2.77. The van der Waals surface area contributed by atoms with E-state index in [1.54, 1.807) is 0 Å². The molecule has 2 rings (SSSR count). The van der Waals surface area contributed by atoms with Gasteiger partial charge in [-0.25, -0.2) is 8.42 Å². The van der Waals surface area contributed by atoms with Gasteiger partial charge in [0.2, 0.25) is 0 Å². The van der Waals surface area contributed by atoms with Crippen LogP contribution >= 0.6 is 0 Å². The summed E-state index contributed by atoms with van der Waals surface area (Å²) >= 11 is 0. The number of hydrogen-bond acceptors (Lipinski definition) is 4. The van der Waals surface area contributed by atoms with Crippen LogP contribution in [0.15, 0.2) is 0 Å². The summed E-state index contributed by atoms with van der Waals surface area (Å²) in [5, 5.41) is 0. The van der Waals surface area contributed by atoms with Crippen LogP contribution < -0.4 is 5.73 Å². The van der Waals surface area contributed by atoms with Crippen LogP contribution in [0.2, 0.25) is 0 Å². The summed E-state index contributed by atoms with van der Waals surface area (Å²) in [5.41, 5.74) is 5.89. The van der Waals surface area contributed by atoms with Crippen molar-refractivity contribution in [3.8, 4) is 0 Å². The zero-order chi connectivity index (χ0) is 11.6. The molecule has 4 nitrogen and oxygen atoms in total. The minimum absolute atomic E-state index is 0.343. The predicted octanol–water partition coefficient (Wildman–Crippen LogP) is 0.377. The third-order valence-electron chi connectivity index (χ3n) is 3.85. The van der Waals surface area contributed by atoms with Crippen LogP contribution in [-0.4, -0.2) is 50.0 Å². The van der Waals surface area contributed by atoms with Crippen molar-refractivity contribution >= 4 is 9.84 Å². The van der Waals surface area contributed by atoms with E-state index in [9.17, 15) is 8.42 Å². The second kappa shape index (κ2) is 5.02. The maximum atomic E-state index is 11.5. The maximum Gasteiger partial charge on any atom is 0.151 e. The molecule has 0 amide bonds. The highest BCUT2D eigenvalue weighted by atomic mass is 32.2. The summed E-state index contributed by atoms with van der Waals surface area (Å²) in [5.74, 6) is 0.714. The Kier molecular flexibility index (Phi) is 3.87. The van der Waals surface area contributed by atoms with E-state index >= 15 is 0 Å². The molecule has 94 valence electrons. The quantitative estimate of drug-likeness (QED) is 0.726. The molecule has 1 saturated carbocycles. The van der Waals surface area contributed by atoms with E-state index in [2.05, 4.69) is 4.90 Å². The van der Waals surface area contributed by atoms with Crippen molar-refractivity contribution in [1.82, 2.24) is 4.90 Å². The summed E-state index contributed by atoms with van der Waals surface area (Å²) in [7, 11) is -2.77. The molecule has 2 N–H and O–H groups in total. The highest BCUT2D eigenvalue weighted by molar-refractivity contribution is 7.91.